The smallest absolute Gasteiger partial charge is 0.0832 e. The van der Waals surface area contributed by atoms with Gasteiger partial charge in [0.2, 0.25) is 0 Å². The molecule has 3 heteroatoms. The molecule has 0 aliphatic carbocycles. The lowest BCUT2D eigenvalue weighted by Gasteiger charge is -2.22. The largest absolute Gasteiger partial charge is 0.399 e. The summed E-state index contributed by atoms with van der Waals surface area (Å²) in [5.74, 6) is 2.51. The van der Waals surface area contributed by atoms with Crippen molar-refractivity contribution in [2.45, 2.75) is 11.0 Å². The molecule has 0 atom stereocenters. The summed E-state index contributed by atoms with van der Waals surface area (Å²) in [6.07, 6.45) is 0. The van der Waals surface area contributed by atoms with Crippen LogP contribution in [0.1, 0.15) is 12.5 Å². The second kappa shape index (κ2) is 3.46. The maximum atomic E-state index is 5.65. The van der Waals surface area contributed by atoms with E-state index in [0.29, 0.717) is 0 Å². The van der Waals surface area contributed by atoms with E-state index in [1.54, 1.807) is 0 Å². The summed E-state index contributed by atoms with van der Waals surface area (Å²) in [6.45, 7) is 2.29. The average molecular weight is 211 g/mol. The Hall–Kier alpha value is -0.280. The predicted octanol–water partition coefficient (Wildman–Crippen LogP) is 2.92. The number of hydrogen-bond donors (Lipinski definition) is 1. The Kier molecular flexibility index (Phi) is 2.47. The van der Waals surface area contributed by atoms with Gasteiger partial charge in [-0.2, -0.15) is 0 Å². The van der Waals surface area contributed by atoms with Gasteiger partial charge in [0.25, 0.3) is 0 Å². The van der Waals surface area contributed by atoms with Crippen molar-refractivity contribution in [2.75, 3.05) is 17.2 Å². The molecule has 0 saturated carbocycles. The molecule has 0 radical (unpaired) electrons. The fourth-order valence-electron chi connectivity index (χ4n) is 1.47. The third kappa shape index (κ3) is 1.81. The molecule has 0 aromatic heterocycles. The predicted molar refractivity (Wildman–Crippen MR) is 63.1 cm³/mol. The minimum Gasteiger partial charge on any atom is -0.399 e. The Morgan fingerprint density at radius 2 is 1.69 bits per heavy atom. The number of nitrogens with two attached hydrogens (primary N) is 1. The van der Waals surface area contributed by atoms with Gasteiger partial charge in [-0.05, 0) is 24.6 Å². The monoisotopic (exact) mass is 211 g/mol. The molecule has 2 N–H and O–H groups in total. The Balaban J connectivity index is 2.29. The summed E-state index contributed by atoms with van der Waals surface area (Å²) in [5, 5.41) is 0. The third-order valence-electron chi connectivity index (χ3n) is 2.27. The van der Waals surface area contributed by atoms with Crippen LogP contribution >= 0.6 is 23.5 Å². The van der Waals surface area contributed by atoms with Crippen molar-refractivity contribution < 1.29 is 0 Å². The van der Waals surface area contributed by atoms with Gasteiger partial charge in [0.15, 0.2) is 0 Å². The van der Waals surface area contributed by atoms with Crippen LogP contribution in [0.2, 0.25) is 0 Å². The molecule has 70 valence electrons. The molecule has 2 rings (SSSR count). The quantitative estimate of drug-likeness (QED) is 0.723. The lowest BCUT2D eigenvalue weighted by atomic mass is 10.1. The summed E-state index contributed by atoms with van der Waals surface area (Å²) in [7, 11) is 0. The average Bonchev–Trinajstić information content (AvgIpc) is 2.54. The highest BCUT2D eigenvalue weighted by Gasteiger charge is 2.31. The van der Waals surface area contributed by atoms with E-state index in [9.17, 15) is 0 Å². The first kappa shape index (κ1) is 9.28. The highest BCUT2D eigenvalue weighted by Crippen LogP contribution is 2.51. The van der Waals surface area contributed by atoms with Crippen molar-refractivity contribution in [1.29, 1.82) is 0 Å². The molecule has 1 nitrogen and oxygen atoms in total. The maximum absolute atomic E-state index is 5.65. The van der Waals surface area contributed by atoms with E-state index in [0.717, 1.165) is 5.69 Å². The van der Waals surface area contributed by atoms with Crippen molar-refractivity contribution in [3.05, 3.63) is 29.8 Å². The molecule has 1 aliphatic rings. The lowest BCUT2D eigenvalue weighted by Crippen LogP contribution is -2.08. The molecule has 0 bridgehead atoms. The molecular formula is C10H13NS2. The minimum absolute atomic E-state index is 0.258. The van der Waals surface area contributed by atoms with Crippen molar-refractivity contribution in [3.8, 4) is 0 Å². The SMILES string of the molecule is CC1(c2ccc(N)cc2)SCCS1. The molecule has 1 aromatic rings. The maximum Gasteiger partial charge on any atom is 0.0832 e. The molecule has 1 aromatic carbocycles. The summed E-state index contributed by atoms with van der Waals surface area (Å²) in [6, 6.07) is 8.25. The van der Waals surface area contributed by atoms with Gasteiger partial charge in [0, 0.05) is 17.2 Å². The van der Waals surface area contributed by atoms with Crippen LogP contribution in [-0.2, 0) is 4.08 Å². The Morgan fingerprint density at radius 3 is 2.23 bits per heavy atom. The minimum atomic E-state index is 0.258. The van der Waals surface area contributed by atoms with Crippen molar-refractivity contribution in [2.24, 2.45) is 0 Å². The van der Waals surface area contributed by atoms with Crippen molar-refractivity contribution in [3.63, 3.8) is 0 Å². The van der Waals surface area contributed by atoms with Gasteiger partial charge >= 0.3 is 0 Å². The van der Waals surface area contributed by atoms with Gasteiger partial charge in [-0.1, -0.05) is 12.1 Å². The number of thioether (sulfide) groups is 2. The number of hydrogen-bond acceptors (Lipinski definition) is 3. The van der Waals surface area contributed by atoms with Crippen LogP contribution in [0.15, 0.2) is 24.3 Å². The van der Waals surface area contributed by atoms with Crippen LogP contribution in [0.4, 0.5) is 5.69 Å². The van der Waals surface area contributed by atoms with E-state index in [4.69, 9.17) is 5.73 Å². The molecule has 0 amide bonds. The first-order valence-electron chi connectivity index (χ1n) is 4.35. The van der Waals surface area contributed by atoms with Crippen LogP contribution in [0, 0.1) is 0 Å². The van der Waals surface area contributed by atoms with E-state index in [1.807, 2.05) is 35.7 Å². The Morgan fingerprint density at radius 1 is 1.15 bits per heavy atom. The fraction of sp³-hybridized carbons (Fsp3) is 0.400. The molecule has 1 aliphatic heterocycles. The molecule has 1 heterocycles. The van der Waals surface area contributed by atoms with E-state index in [2.05, 4.69) is 19.1 Å². The first-order valence-corrected chi connectivity index (χ1v) is 6.32. The normalized spacial score (nSPS) is 20.4. The van der Waals surface area contributed by atoms with E-state index >= 15 is 0 Å². The Labute approximate surface area is 87.5 Å². The van der Waals surface area contributed by atoms with Crippen LogP contribution < -0.4 is 5.73 Å². The summed E-state index contributed by atoms with van der Waals surface area (Å²) < 4.78 is 0.258. The van der Waals surface area contributed by atoms with E-state index in [-0.39, 0.29) is 4.08 Å². The second-order valence-corrected chi connectivity index (χ2v) is 6.55. The van der Waals surface area contributed by atoms with E-state index < -0.39 is 0 Å². The highest BCUT2D eigenvalue weighted by molar-refractivity contribution is 8.20. The number of anilines is 1. The molecular weight excluding hydrogens is 198 g/mol. The van der Waals surface area contributed by atoms with E-state index in [1.165, 1.54) is 17.1 Å². The lowest BCUT2D eigenvalue weighted by molar-refractivity contribution is 1.02. The second-order valence-electron chi connectivity index (χ2n) is 3.26. The number of rotatable bonds is 1. The summed E-state index contributed by atoms with van der Waals surface area (Å²) in [4.78, 5) is 0. The van der Waals surface area contributed by atoms with Gasteiger partial charge in [-0.25, -0.2) is 0 Å². The molecule has 0 spiro atoms. The molecule has 13 heavy (non-hydrogen) atoms. The highest BCUT2D eigenvalue weighted by atomic mass is 32.2. The van der Waals surface area contributed by atoms with Crippen LogP contribution in [0.5, 0.6) is 0 Å². The summed E-state index contributed by atoms with van der Waals surface area (Å²) in [5.41, 5.74) is 7.89. The van der Waals surface area contributed by atoms with Gasteiger partial charge in [-0.3, -0.25) is 0 Å². The van der Waals surface area contributed by atoms with Crippen molar-refractivity contribution >= 4 is 29.2 Å². The van der Waals surface area contributed by atoms with Gasteiger partial charge < -0.3 is 5.73 Å². The molecule has 1 fully saturated rings. The van der Waals surface area contributed by atoms with Crippen molar-refractivity contribution in [1.82, 2.24) is 0 Å². The topological polar surface area (TPSA) is 26.0 Å². The summed E-state index contributed by atoms with van der Waals surface area (Å²) >= 11 is 4.05. The fourth-order valence-corrected chi connectivity index (χ4v) is 4.35. The molecule has 0 unspecified atom stereocenters. The van der Waals surface area contributed by atoms with Crippen LogP contribution in [0.25, 0.3) is 0 Å². The standard InChI is InChI=1S/C10H13NS2/c1-10(12-6-7-13-10)8-2-4-9(11)5-3-8/h2-5H,6-7,11H2,1H3. The van der Waals surface area contributed by atoms with Gasteiger partial charge in [-0.15, -0.1) is 23.5 Å². The van der Waals surface area contributed by atoms with Gasteiger partial charge in [0.05, 0.1) is 4.08 Å². The Bertz CT molecular complexity index is 288. The van der Waals surface area contributed by atoms with Crippen LogP contribution in [-0.4, -0.2) is 11.5 Å². The zero-order chi connectivity index (χ0) is 9.31. The zero-order valence-electron chi connectivity index (χ0n) is 7.62. The first-order chi connectivity index (χ1) is 6.21. The third-order valence-corrected chi connectivity index (χ3v) is 5.63. The molecule has 1 saturated heterocycles. The van der Waals surface area contributed by atoms with Gasteiger partial charge in [0.1, 0.15) is 0 Å². The van der Waals surface area contributed by atoms with Crippen LogP contribution in [0.3, 0.4) is 0 Å². The zero-order valence-corrected chi connectivity index (χ0v) is 9.25. The number of nitrogen functional groups attached to an aromatic ring is 1. The number of benzene rings is 1.